The predicted octanol–water partition coefficient (Wildman–Crippen LogP) is 2.16. The first-order chi connectivity index (χ1) is 11.5. The number of imide groups is 2. The topological polar surface area (TPSA) is 84.5 Å². The fourth-order valence-corrected chi connectivity index (χ4v) is 2.45. The zero-order valence-corrected chi connectivity index (χ0v) is 13.0. The number of nitrogens with one attached hydrogen (secondary N) is 2. The Morgan fingerprint density at radius 2 is 1.62 bits per heavy atom. The number of urea groups is 1. The third kappa shape index (κ3) is 3.43. The molecule has 1 heterocycles. The zero-order chi connectivity index (χ0) is 17.1. The van der Waals surface area contributed by atoms with Crippen molar-refractivity contribution in [1.82, 2.24) is 10.6 Å². The molecule has 0 aromatic heterocycles. The number of rotatable bonds is 3. The van der Waals surface area contributed by atoms with Gasteiger partial charge in [0.1, 0.15) is 17.4 Å². The largest absolute Gasteiger partial charge is 0.457 e. The molecule has 0 saturated carbocycles. The van der Waals surface area contributed by atoms with Crippen molar-refractivity contribution in [1.29, 1.82) is 0 Å². The number of amides is 4. The van der Waals surface area contributed by atoms with E-state index in [0.717, 1.165) is 0 Å². The van der Waals surface area contributed by atoms with Crippen LogP contribution in [0.1, 0.15) is 18.4 Å². The quantitative estimate of drug-likeness (QED) is 0.835. The molecule has 1 aromatic carbocycles. The number of allylic oxidation sites excluding steroid dienone is 5. The molecule has 1 unspecified atom stereocenters. The Morgan fingerprint density at radius 1 is 0.958 bits per heavy atom. The first-order valence-electron chi connectivity index (χ1n) is 7.53. The monoisotopic (exact) mass is 324 g/mol. The molecular formula is C18H16N2O4. The van der Waals surface area contributed by atoms with Crippen molar-refractivity contribution in [2.45, 2.75) is 12.8 Å². The van der Waals surface area contributed by atoms with Gasteiger partial charge >= 0.3 is 6.03 Å². The Balaban J connectivity index is 1.74. The molecule has 4 amide bonds. The summed E-state index contributed by atoms with van der Waals surface area (Å²) >= 11 is 0. The summed E-state index contributed by atoms with van der Waals surface area (Å²) < 4.78 is 5.76. The minimum Gasteiger partial charge on any atom is -0.457 e. The first-order valence-corrected chi connectivity index (χ1v) is 7.53. The normalized spacial score (nSPS) is 21.0. The van der Waals surface area contributed by atoms with E-state index in [-0.39, 0.29) is 0 Å². The molecule has 3 rings (SSSR count). The van der Waals surface area contributed by atoms with Gasteiger partial charge < -0.3 is 4.74 Å². The molecule has 122 valence electrons. The van der Waals surface area contributed by atoms with Crippen molar-refractivity contribution in [3.05, 3.63) is 66.0 Å². The number of carbonyl (C=O) groups is 3. The maximum Gasteiger partial charge on any atom is 0.328 e. The lowest BCUT2D eigenvalue weighted by atomic mass is 9.96. The van der Waals surface area contributed by atoms with Crippen LogP contribution in [0.3, 0.4) is 0 Å². The van der Waals surface area contributed by atoms with E-state index in [9.17, 15) is 14.4 Å². The van der Waals surface area contributed by atoms with E-state index in [1.54, 1.807) is 24.3 Å². The van der Waals surface area contributed by atoms with Crippen molar-refractivity contribution in [2.24, 2.45) is 5.92 Å². The summed E-state index contributed by atoms with van der Waals surface area (Å²) in [6.07, 6.45) is 9.77. The van der Waals surface area contributed by atoms with Crippen LogP contribution in [0.2, 0.25) is 0 Å². The number of ether oxygens (including phenoxy) is 1. The van der Waals surface area contributed by atoms with Gasteiger partial charge in [0.2, 0.25) is 11.8 Å². The Morgan fingerprint density at radius 3 is 2.29 bits per heavy atom. The highest BCUT2D eigenvalue weighted by Crippen LogP contribution is 2.23. The number of barbiturate groups is 1. The molecule has 0 radical (unpaired) electrons. The molecule has 1 saturated heterocycles. The van der Waals surface area contributed by atoms with Crippen LogP contribution in [0.25, 0.3) is 0 Å². The number of hydrogen-bond acceptors (Lipinski definition) is 4. The highest BCUT2D eigenvalue weighted by molar-refractivity contribution is 6.19. The molecule has 1 atom stereocenters. The second-order valence-electron chi connectivity index (χ2n) is 5.58. The summed E-state index contributed by atoms with van der Waals surface area (Å²) in [5.74, 6) is -0.683. The van der Waals surface area contributed by atoms with Crippen molar-refractivity contribution in [3.63, 3.8) is 0 Å². The van der Waals surface area contributed by atoms with Crippen LogP contribution in [0, 0.1) is 5.92 Å². The van der Waals surface area contributed by atoms with Gasteiger partial charge in [-0.15, -0.1) is 0 Å². The fourth-order valence-electron chi connectivity index (χ4n) is 2.45. The number of benzene rings is 1. The summed E-state index contributed by atoms with van der Waals surface area (Å²) in [6.45, 7) is 2.07. The SMILES string of the molecule is CC1C=CC=C(Oc2ccc(C3C(=O)NC(=O)NC3=O)cc2)C=C1. The lowest BCUT2D eigenvalue weighted by Gasteiger charge is -2.20. The molecule has 0 spiro atoms. The van der Waals surface area contributed by atoms with E-state index < -0.39 is 23.8 Å². The van der Waals surface area contributed by atoms with Crippen LogP contribution >= 0.6 is 0 Å². The lowest BCUT2D eigenvalue weighted by molar-refractivity contribution is -0.132. The lowest BCUT2D eigenvalue weighted by Crippen LogP contribution is -2.54. The first kappa shape index (κ1) is 15.7. The van der Waals surface area contributed by atoms with Gasteiger partial charge in [0.15, 0.2) is 0 Å². The van der Waals surface area contributed by atoms with Gasteiger partial charge in [-0.1, -0.05) is 37.3 Å². The molecule has 2 aliphatic rings. The van der Waals surface area contributed by atoms with Crippen LogP contribution < -0.4 is 15.4 Å². The fraction of sp³-hybridized carbons (Fsp3) is 0.167. The smallest absolute Gasteiger partial charge is 0.328 e. The van der Waals surface area contributed by atoms with E-state index in [1.165, 1.54) is 0 Å². The zero-order valence-electron chi connectivity index (χ0n) is 13.0. The average Bonchev–Trinajstić information content (AvgIpc) is 2.73. The summed E-state index contributed by atoms with van der Waals surface area (Å²) in [5.41, 5.74) is 0.490. The molecule has 1 aliphatic heterocycles. The van der Waals surface area contributed by atoms with Gasteiger partial charge in [0.05, 0.1) is 0 Å². The summed E-state index contributed by atoms with van der Waals surface area (Å²) in [6, 6.07) is 5.83. The number of carbonyl (C=O) groups excluding carboxylic acids is 3. The molecular weight excluding hydrogens is 308 g/mol. The van der Waals surface area contributed by atoms with Crippen molar-refractivity contribution >= 4 is 17.8 Å². The Kier molecular flexibility index (Phi) is 4.29. The predicted molar refractivity (Wildman–Crippen MR) is 87.0 cm³/mol. The van der Waals surface area contributed by atoms with Gasteiger partial charge in [-0.05, 0) is 35.8 Å². The summed E-state index contributed by atoms with van der Waals surface area (Å²) in [7, 11) is 0. The van der Waals surface area contributed by atoms with Crippen molar-refractivity contribution in [3.8, 4) is 5.75 Å². The van der Waals surface area contributed by atoms with Crippen molar-refractivity contribution in [2.75, 3.05) is 0 Å². The van der Waals surface area contributed by atoms with Crippen LogP contribution in [-0.4, -0.2) is 17.8 Å². The minimum absolute atomic E-state index is 0.343. The molecule has 1 aliphatic carbocycles. The molecule has 24 heavy (non-hydrogen) atoms. The van der Waals surface area contributed by atoms with Crippen LogP contribution in [-0.2, 0) is 9.59 Å². The summed E-state index contributed by atoms with van der Waals surface area (Å²) in [4.78, 5) is 34.8. The third-order valence-corrected chi connectivity index (χ3v) is 3.69. The Bertz CT molecular complexity index is 755. The van der Waals surface area contributed by atoms with E-state index in [2.05, 4.69) is 23.6 Å². The van der Waals surface area contributed by atoms with E-state index in [1.807, 2.05) is 24.3 Å². The highest BCUT2D eigenvalue weighted by Gasteiger charge is 2.35. The second kappa shape index (κ2) is 6.54. The van der Waals surface area contributed by atoms with Crippen LogP contribution in [0.5, 0.6) is 5.75 Å². The molecule has 1 fully saturated rings. The average molecular weight is 324 g/mol. The van der Waals surface area contributed by atoms with Crippen LogP contribution in [0.15, 0.2) is 60.4 Å². The molecule has 2 N–H and O–H groups in total. The Labute approximate surface area is 138 Å². The minimum atomic E-state index is -1.04. The van der Waals surface area contributed by atoms with Crippen LogP contribution in [0.4, 0.5) is 4.79 Å². The maximum atomic E-state index is 11.8. The second-order valence-corrected chi connectivity index (χ2v) is 5.58. The Hall–Kier alpha value is -3.15. The third-order valence-electron chi connectivity index (χ3n) is 3.69. The van der Waals surface area contributed by atoms with Gasteiger partial charge in [-0.2, -0.15) is 0 Å². The highest BCUT2D eigenvalue weighted by atomic mass is 16.5. The van der Waals surface area contributed by atoms with Crippen molar-refractivity contribution < 1.29 is 19.1 Å². The summed E-state index contributed by atoms with van der Waals surface area (Å²) in [5, 5.41) is 4.17. The maximum absolute atomic E-state index is 11.8. The van der Waals surface area contributed by atoms with E-state index >= 15 is 0 Å². The number of hydrogen-bond donors (Lipinski definition) is 2. The molecule has 6 heteroatoms. The molecule has 1 aromatic rings. The molecule has 0 bridgehead atoms. The van der Waals surface area contributed by atoms with E-state index in [0.29, 0.717) is 23.0 Å². The standard InChI is InChI=1S/C18H16N2O4/c1-11-3-2-4-13(8-5-11)24-14-9-6-12(7-10-14)15-16(21)19-18(23)20-17(15)22/h2-11,15H,1H3,(H2,19,20,21,22,23). The van der Waals surface area contributed by atoms with Gasteiger partial charge in [-0.25, -0.2) is 4.79 Å². The molecule has 6 nitrogen and oxygen atoms in total. The van der Waals surface area contributed by atoms with Gasteiger partial charge in [0.25, 0.3) is 0 Å². The van der Waals surface area contributed by atoms with Gasteiger partial charge in [-0.3, -0.25) is 20.2 Å². The van der Waals surface area contributed by atoms with Gasteiger partial charge in [0, 0.05) is 0 Å². The van der Waals surface area contributed by atoms with E-state index in [4.69, 9.17) is 4.74 Å².